The van der Waals surface area contributed by atoms with Crippen LogP contribution in [0.1, 0.15) is 32.1 Å². The number of hydrogen-bond donors (Lipinski definition) is 2. The number of nitrogen functional groups attached to an aromatic ring is 1. The Hall–Kier alpha value is -1.22. The second-order valence-electron chi connectivity index (χ2n) is 4.64. The maximum Gasteiger partial charge on any atom is 0.0642 e. The summed E-state index contributed by atoms with van der Waals surface area (Å²) >= 11 is 0. The zero-order valence-electron chi connectivity index (χ0n) is 10.3. The van der Waals surface area contributed by atoms with Gasteiger partial charge in [-0.25, -0.2) is 0 Å². The quantitative estimate of drug-likeness (QED) is 0.608. The van der Waals surface area contributed by atoms with E-state index in [1.807, 2.05) is 24.3 Å². The summed E-state index contributed by atoms with van der Waals surface area (Å²) in [4.78, 5) is 0. The van der Waals surface area contributed by atoms with Gasteiger partial charge in [-0.05, 0) is 25.0 Å². The molecule has 1 aliphatic rings. The highest BCUT2D eigenvalue weighted by molar-refractivity contribution is 5.65. The Morgan fingerprint density at radius 3 is 2.71 bits per heavy atom. The monoisotopic (exact) mass is 234 g/mol. The number of rotatable bonds is 5. The third kappa shape index (κ3) is 3.93. The van der Waals surface area contributed by atoms with Crippen molar-refractivity contribution in [2.45, 2.75) is 38.2 Å². The van der Waals surface area contributed by atoms with Crippen LogP contribution in [0, 0.1) is 0 Å². The number of benzene rings is 1. The second-order valence-corrected chi connectivity index (χ2v) is 4.64. The molecule has 0 radical (unpaired) electrons. The van der Waals surface area contributed by atoms with E-state index in [0.717, 1.165) is 24.5 Å². The van der Waals surface area contributed by atoms with E-state index in [1.165, 1.54) is 32.1 Å². The van der Waals surface area contributed by atoms with Crippen LogP contribution in [0.2, 0.25) is 0 Å². The zero-order valence-corrected chi connectivity index (χ0v) is 10.3. The van der Waals surface area contributed by atoms with E-state index >= 15 is 0 Å². The lowest BCUT2D eigenvalue weighted by molar-refractivity contribution is 0.0347. The highest BCUT2D eigenvalue weighted by Crippen LogP contribution is 2.20. The minimum Gasteiger partial charge on any atom is -0.397 e. The molecule has 0 heterocycles. The molecule has 0 spiro atoms. The number of anilines is 2. The molecule has 17 heavy (non-hydrogen) atoms. The number of hydrogen-bond acceptors (Lipinski definition) is 3. The van der Waals surface area contributed by atoms with Crippen LogP contribution >= 0.6 is 0 Å². The third-order valence-corrected chi connectivity index (χ3v) is 3.28. The zero-order chi connectivity index (χ0) is 11.9. The van der Waals surface area contributed by atoms with Crippen molar-refractivity contribution >= 4 is 11.4 Å². The summed E-state index contributed by atoms with van der Waals surface area (Å²) in [6.45, 7) is 1.59. The van der Waals surface area contributed by atoms with Crippen molar-refractivity contribution < 1.29 is 4.74 Å². The highest BCUT2D eigenvalue weighted by Gasteiger charge is 2.12. The van der Waals surface area contributed by atoms with Gasteiger partial charge in [0.05, 0.1) is 24.1 Å². The van der Waals surface area contributed by atoms with E-state index < -0.39 is 0 Å². The maximum atomic E-state index is 5.84. The summed E-state index contributed by atoms with van der Waals surface area (Å²) in [6.07, 6.45) is 6.96. The van der Waals surface area contributed by atoms with E-state index in [1.54, 1.807) is 0 Å². The van der Waals surface area contributed by atoms with Crippen molar-refractivity contribution in [3.63, 3.8) is 0 Å². The van der Waals surface area contributed by atoms with Gasteiger partial charge in [0.15, 0.2) is 0 Å². The van der Waals surface area contributed by atoms with Gasteiger partial charge in [-0.3, -0.25) is 0 Å². The third-order valence-electron chi connectivity index (χ3n) is 3.28. The number of nitrogens with two attached hydrogens (primary N) is 1. The molecule has 0 aromatic heterocycles. The molecule has 3 heteroatoms. The van der Waals surface area contributed by atoms with Crippen molar-refractivity contribution in [2.75, 3.05) is 24.2 Å². The van der Waals surface area contributed by atoms with E-state index in [0.29, 0.717) is 6.10 Å². The summed E-state index contributed by atoms with van der Waals surface area (Å²) in [5, 5.41) is 3.30. The Balaban J connectivity index is 1.64. The van der Waals surface area contributed by atoms with Crippen molar-refractivity contribution in [3.8, 4) is 0 Å². The standard InChI is InChI=1S/C14H22N2O/c15-13-8-4-5-9-14(13)16-10-11-17-12-6-2-1-3-7-12/h4-5,8-9,12,16H,1-3,6-7,10-11,15H2. The summed E-state index contributed by atoms with van der Waals surface area (Å²) in [5.74, 6) is 0. The van der Waals surface area contributed by atoms with Crippen LogP contribution in [0.25, 0.3) is 0 Å². The first-order valence-corrected chi connectivity index (χ1v) is 6.56. The average Bonchev–Trinajstić information content (AvgIpc) is 2.38. The van der Waals surface area contributed by atoms with Gasteiger partial charge in [0.2, 0.25) is 0 Å². The molecule has 1 aromatic rings. The average molecular weight is 234 g/mol. The molecule has 1 aliphatic carbocycles. The molecule has 3 N–H and O–H groups in total. The van der Waals surface area contributed by atoms with E-state index in [9.17, 15) is 0 Å². The lowest BCUT2D eigenvalue weighted by atomic mass is 9.98. The van der Waals surface area contributed by atoms with Crippen LogP contribution in [0.4, 0.5) is 11.4 Å². The fraction of sp³-hybridized carbons (Fsp3) is 0.571. The number of nitrogens with one attached hydrogen (secondary N) is 1. The topological polar surface area (TPSA) is 47.3 Å². The summed E-state index contributed by atoms with van der Waals surface area (Å²) in [5.41, 5.74) is 7.64. The fourth-order valence-corrected chi connectivity index (χ4v) is 2.30. The SMILES string of the molecule is Nc1ccccc1NCCOC1CCCCC1. The van der Waals surface area contributed by atoms with Crippen LogP contribution in [0.5, 0.6) is 0 Å². The summed E-state index contributed by atoms with van der Waals surface area (Å²) < 4.78 is 5.84. The van der Waals surface area contributed by atoms with Gasteiger partial charge in [-0.2, -0.15) is 0 Å². The largest absolute Gasteiger partial charge is 0.397 e. The first kappa shape index (κ1) is 12.2. The smallest absolute Gasteiger partial charge is 0.0642 e. The molecule has 1 fully saturated rings. The molecule has 0 saturated heterocycles. The predicted octanol–water partition coefficient (Wildman–Crippen LogP) is 3.03. The van der Waals surface area contributed by atoms with E-state index in [4.69, 9.17) is 10.5 Å². The fourth-order valence-electron chi connectivity index (χ4n) is 2.30. The summed E-state index contributed by atoms with van der Waals surface area (Å²) in [7, 11) is 0. The van der Waals surface area contributed by atoms with Crippen LogP contribution in [0.3, 0.4) is 0 Å². The Bertz CT molecular complexity index is 335. The minimum atomic E-state index is 0.485. The van der Waals surface area contributed by atoms with Crippen molar-refractivity contribution in [1.29, 1.82) is 0 Å². The molecule has 1 aromatic carbocycles. The Morgan fingerprint density at radius 1 is 1.18 bits per heavy atom. The molecular formula is C14H22N2O. The van der Waals surface area contributed by atoms with Crippen LogP contribution in [-0.4, -0.2) is 19.3 Å². The second kappa shape index (κ2) is 6.50. The van der Waals surface area contributed by atoms with E-state index in [-0.39, 0.29) is 0 Å². The van der Waals surface area contributed by atoms with Crippen molar-refractivity contribution in [3.05, 3.63) is 24.3 Å². The maximum absolute atomic E-state index is 5.84. The number of ether oxygens (including phenoxy) is 1. The molecular weight excluding hydrogens is 212 g/mol. The van der Waals surface area contributed by atoms with Gasteiger partial charge in [0.25, 0.3) is 0 Å². The minimum absolute atomic E-state index is 0.485. The van der Waals surface area contributed by atoms with Crippen LogP contribution in [0.15, 0.2) is 24.3 Å². The van der Waals surface area contributed by atoms with Crippen LogP contribution < -0.4 is 11.1 Å². The normalized spacial score (nSPS) is 16.9. The molecule has 94 valence electrons. The van der Waals surface area contributed by atoms with Gasteiger partial charge in [0, 0.05) is 6.54 Å². The lowest BCUT2D eigenvalue weighted by Crippen LogP contribution is -2.20. The van der Waals surface area contributed by atoms with Crippen molar-refractivity contribution in [2.24, 2.45) is 0 Å². The summed E-state index contributed by atoms with van der Waals surface area (Å²) in [6, 6.07) is 7.83. The van der Waals surface area contributed by atoms with Crippen molar-refractivity contribution in [1.82, 2.24) is 0 Å². The molecule has 0 bridgehead atoms. The molecule has 0 unspecified atom stereocenters. The van der Waals surface area contributed by atoms with Gasteiger partial charge >= 0.3 is 0 Å². The van der Waals surface area contributed by atoms with Gasteiger partial charge < -0.3 is 15.8 Å². The Kier molecular flexibility index (Phi) is 4.68. The first-order valence-electron chi connectivity index (χ1n) is 6.56. The van der Waals surface area contributed by atoms with Gasteiger partial charge in [0.1, 0.15) is 0 Å². The lowest BCUT2D eigenvalue weighted by Gasteiger charge is -2.22. The number of para-hydroxylation sites is 2. The highest BCUT2D eigenvalue weighted by atomic mass is 16.5. The van der Waals surface area contributed by atoms with Gasteiger partial charge in [-0.15, -0.1) is 0 Å². The first-order chi connectivity index (χ1) is 8.36. The molecule has 0 atom stereocenters. The molecule has 0 amide bonds. The van der Waals surface area contributed by atoms with Crippen LogP contribution in [-0.2, 0) is 4.74 Å². The molecule has 1 saturated carbocycles. The van der Waals surface area contributed by atoms with E-state index in [2.05, 4.69) is 5.32 Å². The van der Waals surface area contributed by atoms with Gasteiger partial charge in [-0.1, -0.05) is 31.4 Å². The Morgan fingerprint density at radius 2 is 1.94 bits per heavy atom. The molecule has 0 aliphatic heterocycles. The Labute approximate surface area is 103 Å². The molecule has 3 nitrogen and oxygen atoms in total. The molecule has 2 rings (SSSR count). The predicted molar refractivity (Wildman–Crippen MR) is 72.2 cm³/mol.